The molecular formula is C23H27FN4O2. The van der Waals surface area contributed by atoms with E-state index >= 15 is 0 Å². The first kappa shape index (κ1) is 20.3. The van der Waals surface area contributed by atoms with Crippen LogP contribution in [-0.2, 0) is 9.59 Å². The van der Waals surface area contributed by atoms with Gasteiger partial charge in [-0.25, -0.2) is 4.39 Å². The van der Waals surface area contributed by atoms with E-state index in [-0.39, 0.29) is 30.5 Å². The molecule has 2 aliphatic heterocycles. The first-order valence-corrected chi connectivity index (χ1v) is 10.3. The summed E-state index contributed by atoms with van der Waals surface area (Å²) < 4.78 is 14.3. The molecule has 2 heterocycles. The van der Waals surface area contributed by atoms with Crippen LogP contribution in [0.15, 0.2) is 42.5 Å². The van der Waals surface area contributed by atoms with Crippen LogP contribution in [0.2, 0.25) is 0 Å². The number of hydrogen-bond donors (Lipinski definition) is 1. The number of piperazine rings is 1. The van der Waals surface area contributed by atoms with Crippen molar-refractivity contribution in [2.75, 3.05) is 54.9 Å². The molecule has 1 unspecified atom stereocenters. The molecule has 158 valence electrons. The molecule has 2 aromatic rings. The van der Waals surface area contributed by atoms with Gasteiger partial charge in [-0.15, -0.1) is 0 Å². The summed E-state index contributed by atoms with van der Waals surface area (Å²) in [6.45, 7) is 5.71. The van der Waals surface area contributed by atoms with Crippen LogP contribution < -0.4 is 15.1 Å². The number of carbonyl (C=O) groups excluding carboxylic acids is 2. The Kier molecular flexibility index (Phi) is 5.72. The predicted molar refractivity (Wildman–Crippen MR) is 116 cm³/mol. The Labute approximate surface area is 176 Å². The van der Waals surface area contributed by atoms with Gasteiger partial charge in [-0.3, -0.25) is 9.59 Å². The highest BCUT2D eigenvalue weighted by Crippen LogP contribution is 2.31. The third kappa shape index (κ3) is 4.16. The number of para-hydroxylation sites is 2. The van der Waals surface area contributed by atoms with E-state index in [2.05, 4.69) is 22.2 Å². The number of carbonyl (C=O) groups is 2. The molecule has 30 heavy (non-hydrogen) atoms. The zero-order valence-corrected chi connectivity index (χ0v) is 17.4. The summed E-state index contributed by atoms with van der Waals surface area (Å²) in [5.41, 5.74) is 2.76. The Morgan fingerprint density at radius 3 is 2.53 bits per heavy atom. The van der Waals surface area contributed by atoms with Crippen molar-refractivity contribution < 1.29 is 14.0 Å². The zero-order valence-electron chi connectivity index (χ0n) is 17.4. The summed E-state index contributed by atoms with van der Waals surface area (Å²) in [6, 6.07) is 12.5. The molecule has 2 fully saturated rings. The Balaban J connectivity index is 1.47. The molecule has 2 aromatic carbocycles. The summed E-state index contributed by atoms with van der Waals surface area (Å²) in [5.74, 6) is -1.39. The van der Waals surface area contributed by atoms with Gasteiger partial charge in [0.1, 0.15) is 5.82 Å². The summed E-state index contributed by atoms with van der Waals surface area (Å²) in [4.78, 5) is 31.4. The number of nitrogens with zero attached hydrogens (tertiary/aromatic N) is 3. The van der Waals surface area contributed by atoms with Gasteiger partial charge in [0.2, 0.25) is 11.8 Å². The number of benzene rings is 2. The fourth-order valence-corrected chi connectivity index (χ4v) is 4.08. The Bertz CT molecular complexity index is 956. The van der Waals surface area contributed by atoms with Gasteiger partial charge in [-0.1, -0.05) is 18.2 Å². The normalized spacial score (nSPS) is 20.0. The summed E-state index contributed by atoms with van der Waals surface area (Å²) in [6.07, 6.45) is 0.0792. The molecule has 2 saturated heterocycles. The number of hydrogen-bond acceptors (Lipinski definition) is 4. The van der Waals surface area contributed by atoms with Crippen molar-refractivity contribution in [3.63, 3.8) is 0 Å². The molecular weight excluding hydrogens is 383 g/mol. The van der Waals surface area contributed by atoms with E-state index in [9.17, 15) is 14.0 Å². The monoisotopic (exact) mass is 410 g/mol. The number of nitrogens with one attached hydrogen (secondary N) is 1. The first-order valence-electron chi connectivity index (χ1n) is 10.3. The fourth-order valence-electron chi connectivity index (χ4n) is 4.08. The lowest BCUT2D eigenvalue weighted by molar-refractivity contribution is -0.122. The lowest BCUT2D eigenvalue weighted by atomic mass is 10.1. The molecule has 0 spiro atoms. The van der Waals surface area contributed by atoms with Crippen LogP contribution in [0.4, 0.5) is 21.5 Å². The molecule has 0 aromatic heterocycles. The molecule has 4 rings (SSSR count). The van der Waals surface area contributed by atoms with E-state index in [4.69, 9.17) is 0 Å². The van der Waals surface area contributed by atoms with E-state index in [1.165, 1.54) is 11.0 Å². The minimum Gasteiger partial charge on any atom is -0.367 e. The van der Waals surface area contributed by atoms with E-state index in [1.54, 1.807) is 19.1 Å². The average Bonchev–Trinajstić information content (AvgIpc) is 3.11. The maximum atomic E-state index is 14.3. The zero-order chi connectivity index (χ0) is 21.3. The third-order valence-corrected chi connectivity index (χ3v) is 5.90. The van der Waals surface area contributed by atoms with Crippen molar-refractivity contribution in [3.8, 4) is 0 Å². The molecule has 0 radical (unpaired) electrons. The Morgan fingerprint density at radius 2 is 1.80 bits per heavy atom. The lowest BCUT2D eigenvalue weighted by Gasteiger charge is -2.35. The van der Waals surface area contributed by atoms with E-state index in [1.807, 2.05) is 24.3 Å². The predicted octanol–water partition coefficient (Wildman–Crippen LogP) is 2.88. The molecule has 2 amide bonds. The van der Waals surface area contributed by atoms with Crippen molar-refractivity contribution in [1.29, 1.82) is 0 Å². The van der Waals surface area contributed by atoms with Gasteiger partial charge in [0.25, 0.3) is 0 Å². The van der Waals surface area contributed by atoms with Crippen LogP contribution in [-0.4, -0.2) is 56.5 Å². The number of likely N-dealkylation sites (N-methyl/N-ethyl adjacent to an activating group) is 1. The third-order valence-electron chi connectivity index (χ3n) is 5.90. The van der Waals surface area contributed by atoms with Gasteiger partial charge in [-0.05, 0) is 43.8 Å². The second kappa shape index (κ2) is 8.44. The van der Waals surface area contributed by atoms with Crippen LogP contribution in [0, 0.1) is 18.7 Å². The smallest absolute Gasteiger partial charge is 0.229 e. The molecule has 2 aliphatic rings. The van der Waals surface area contributed by atoms with Crippen LogP contribution in [0.1, 0.15) is 12.0 Å². The number of halogens is 1. The molecule has 6 nitrogen and oxygen atoms in total. The summed E-state index contributed by atoms with van der Waals surface area (Å²) >= 11 is 0. The van der Waals surface area contributed by atoms with Crippen LogP contribution >= 0.6 is 0 Å². The molecule has 0 aliphatic carbocycles. The van der Waals surface area contributed by atoms with Gasteiger partial charge < -0.3 is 20.0 Å². The number of aryl methyl sites for hydroxylation is 1. The quantitative estimate of drug-likeness (QED) is 0.842. The topological polar surface area (TPSA) is 55.9 Å². The van der Waals surface area contributed by atoms with Gasteiger partial charge in [0, 0.05) is 39.1 Å². The highest BCUT2D eigenvalue weighted by Gasteiger charge is 2.36. The summed E-state index contributed by atoms with van der Waals surface area (Å²) in [5, 5.41) is 3.01. The van der Waals surface area contributed by atoms with Crippen molar-refractivity contribution in [1.82, 2.24) is 4.90 Å². The van der Waals surface area contributed by atoms with Gasteiger partial charge in [-0.2, -0.15) is 0 Å². The highest BCUT2D eigenvalue weighted by atomic mass is 19.1. The van der Waals surface area contributed by atoms with Crippen LogP contribution in [0.3, 0.4) is 0 Å². The van der Waals surface area contributed by atoms with Crippen LogP contribution in [0.25, 0.3) is 0 Å². The van der Waals surface area contributed by atoms with Crippen molar-refractivity contribution in [2.24, 2.45) is 5.92 Å². The second-order valence-corrected chi connectivity index (χ2v) is 8.16. The van der Waals surface area contributed by atoms with Crippen molar-refractivity contribution in [3.05, 3.63) is 53.8 Å². The number of anilines is 3. The van der Waals surface area contributed by atoms with Crippen LogP contribution in [0.5, 0.6) is 0 Å². The first-order chi connectivity index (χ1) is 14.4. The molecule has 1 atom stereocenters. The van der Waals surface area contributed by atoms with Gasteiger partial charge in [0.15, 0.2) is 0 Å². The lowest BCUT2D eigenvalue weighted by Crippen LogP contribution is -2.44. The minimum atomic E-state index is -0.515. The molecule has 7 heteroatoms. The van der Waals surface area contributed by atoms with Crippen molar-refractivity contribution in [2.45, 2.75) is 13.3 Å². The maximum absolute atomic E-state index is 14.3. The van der Waals surface area contributed by atoms with Gasteiger partial charge >= 0.3 is 0 Å². The van der Waals surface area contributed by atoms with E-state index in [0.717, 1.165) is 43.1 Å². The fraction of sp³-hybridized carbons (Fsp3) is 0.391. The average molecular weight is 410 g/mol. The highest BCUT2D eigenvalue weighted by molar-refractivity contribution is 6.04. The number of amides is 2. The molecule has 1 N–H and O–H groups in total. The molecule has 0 bridgehead atoms. The SMILES string of the molecule is Cc1ccc(N2CC(C(=O)Nc3ccccc3N3CCN(C)CC3)CC2=O)c(F)c1. The Morgan fingerprint density at radius 1 is 1.07 bits per heavy atom. The van der Waals surface area contributed by atoms with Crippen molar-refractivity contribution >= 4 is 28.9 Å². The molecule has 0 saturated carbocycles. The van der Waals surface area contributed by atoms with E-state index < -0.39 is 11.7 Å². The Hall–Kier alpha value is -2.93. The van der Waals surface area contributed by atoms with Gasteiger partial charge in [0.05, 0.1) is 23.0 Å². The summed E-state index contributed by atoms with van der Waals surface area (Å²) in [7, 11) is 2.10. The minimum absolute atomic E-state index is 0.0792. The number of rotatable bonds is 4. The van der Waals surface area contributed by atoms with E-state index in [0.29, 0.717) is 0 Å². The maximum Gasteiger partial charge on any atom is 0.229 e. The standard InChI is InChI=1S/C23H27FN4O2/c1-16-7-8-20(18(24)13-16)28-15-17(14-22(28)29)23(30)25-19-5-3-4-6-21(19)27-11-9-26(2)10-12-27/h3-8,13,17H,9-12,14-15H2,1-2H3,(H,25,30). The second-order valence-electron chi connectivity index (χ2n) is 8.16. The largest absolute Gasteiger partial charge is 0.367 e.